The molecule has 3 rings (SSSR count). The molecule has 0 radical (unpaired) electrons. The Hall–Kier alpha value is -2.36. The van der Waals surface area contributed by atoms with Crippen LogP contribution in [0, 0.1) is 5.82 Å². The summed E-state index contributed by atoms with van der Waals surface area (Å²) in [6, 6.07) is 8.79. The van der Waals surface area contributed by atoms with E-state index in [2.05, 4.69) is 10.0 Å². The van der Waals surface area contributed by atoms with Crippen molar-refractivity contribution in [1.82, 2.24) is 5.32 Å². The van der Waals surface area contributed by atoms with Crippen LogP contribution in [0.2, 0.25) is 5.02 Å². The van der Waals surface area contributed by atoms with Crippen LogP contribution in [0.3, 0.4) is 0 Å². The van der Waals surface area contributed by atoms with Gasteiger partial charge in [0.05, 0.1) is 16.0 Å². The minimum absolute atomic E-state index is 0.0284. The highest BCUT2D eigenvalue weighted by Gasteiger charge is 2.18. The Kier molecular flexibility index (Phi) is 6.94. The average Bonchev–Trinajstić information content (AvgIpc) is 3.20. The number of carbonyl (C=O) groups excluding carboxylic acids is 1. The van der Waals surface area contributed by atoms with Crippen LogP contribution in [0.25, 0.3) is 0 Å². The molecule has 7 nitrogen and oxygen atoms in total. The van der Waals surface area contributed by atoms with Crippen molar-refractivity contribution in [3.8, 4) is 5.75 Å². The Morgan fingerprint density at radius 2 is 2.00 bits per heavy atom. The standard InChI is InChI=1S/C19H20ClFN2O5S/c20-17-10-16(29(25,26)23-14-5-3-13(21)4-6-14)7-8-18(17)28-12-19(24)22-11-15-2-1-9-27-15/h3-8,10,15,23H,1-2,9,11-12H2,(H,22,24)/t15-/m0/s1. The summed E-state index contributed by atoms with van der Waals surface area (Å²) in [7, 11) is -3.92. The first-order valence-electron chi connectivity index (χ1n) is 8.92. The van der Waals surface area contributed by atoms with Gasteiger partial charge in [0.2, 0.25) is 0 Å². The summed E-state index contributed by atoms with van der Waals surface area (Å²) < 4.78 is 51.0. The maximum absolute atomic E-state index is 13.0. The maximum Gasteiger partial charge on any atom is 0.261 e. The Balaban J connectivity index is 1.57. The molecule has 156 valence electrons. The normalized spacial score (nSPS) is 16.4. The fraction of sp³-hybridized carbons (Fsp3) is 0.316. The molecule has 0 aliphatic carbocycles. The number of halogens is 2. The number of ether oxygens (including phenoxy) is 2. The SMILES string of the molecule is O=C(COc1ccc(S(=O)(=O)Nc2ccc(F)cc2)cc1Cl)NC[C@@H]1CCCO1. The van der Waals surface area contributed by atoms with E-state index in [-0.39, 0.29) is 40.0 Å². The number of anilines is 1. The molecule has 2 aromatic rings. The fourth-order valence-electron chi connectivity index (χ4n) is 2.73. The van der Waals surface area contributed by atoms with E-state index in [0.717, 1.165) is 25.0 Å². The fourth-order valence-corrected chi connectivity index (χ4v) is 4.11. The summed E-state index contributed by atoms with van der Waals surface area (Å²) in [5.74, 6) is -0.622. The van der Waals surface area contributed by atoms with E-state index in [1.807, 2.05) is 0 Å². The van der Waals surface area contributed by atoms with Gasteiger partial charge >= 0.3 is 0 Å². The zero-order chi connectivity index (χ0) is 20.9. The molecule has 1 atom stereocenters. The summed E-state index contributed by atoms with van der Waals surface area (Å²) in [5.41, 5.74) is 0.214. The van der Waals surface area contributed by atoms with Crippen LogP contribution in [-0.4, -0.2) is 40.2 Å². The quantitative estimate of drug-likeness (QED) is 0.655. The van der Waals surface area contributed by atoms with Crippen molar-refractivity contribution in [3.63, 3.8) is 0 Å². The first-order valence-corrected chi connectivity index (χ1v) is 10.8. The Labute approximate surface area is 173 Å². The van der Waals surface area contributed by atoms with Crippen LogP contribution in [0.15, 0.2) is 47.4 Å². The van der Waals surface area contributed by atoms with Crippen LogP contribution in [0.5, 0.6) is 5.75 Å². The number of hydrogen-bond acceptors (Lipinski definition) is 5. The first-order chi connectivity index (χ1) is 13.8. The third-order valence-electron chi connectivity index (χ3n) is 4.22. The van der Waals surface area contributed by atoms with Crippen molar-refractivity contribution in [2.45, 2.75) is 23.8 Å². The van der Waals surface area contributed by atoms with E-state index in [9.17, 15) is 17.6 Å². The highest BCUT2D eigenvalue weighted by molar-refractivity contribution is 7.92. The summed E-state index contributed by atoms with van der Waals surface area (Å²) in [6.07, 6.45) is 1.92. The lowest BCUT2D eigenvalue weighted by Gasteiger charge is -2.13. The van der Waals surface area contributed by atoms with Crippen molar-refractivity contribution in [1.29, 1.82) is 0 Å². The van der Waals surface area contributed by atoms with Crippen molar-refractivity contribution in [2.24, 2.45) is 0 Å². The lowest BCUT2D eigenvalue weighted by molar-refractivity contribution is -0.123. The monoisotopic (exact) mass is 442 g/mol. The minimum atomic E-state index is -3.92. The summed E-state index contributed by atoms with van der Waals surface area (Å²) in [6.45, 7) is 0.868. The molecule has 1 aliphatic rings. The maximum atomic E-state index is 13.0. The third kappa shape index (κ3) is 6.06. The predicted molar refractivity (Wildman–Crippen MR) is 106 cm³/mol. The predicted octanol–water partition coefficient (Wildman–Crippen LogP) is 2.95. The van der Waals surface area contributed by atoms with Gasteiger partial charge in [0, 0.05) is 18.8 Å². The molecule has 0 aromatic heterocycles. The van der Waals surface area contributed by atoms with Gasteiger partial charge in [-0.3, -0.25) is 9.52 Å². The van der Waals surface area contributed by atoms with Gasteiger partial charge in [0.25, 0.3) is 15.9 Å². The lowest BCUT2D eigenvalue weighted by Crippen LogP contribution is -2.35. The molecule has 0 unspecified atom stereocenters. The Morgan fingerprint density at radius 3 is 2.66 bits per heavy atom. The van der Waals surface area contributed by atoms with Gasteiger partial charge < -0.3 is 14.8 Å². The van der Waals surface area contributed by atoms with E-state index in [4.69, 9.17) is 21.1 Å². The van der Waals surface area contributed by atoms with Crippen molar-refractivity contribution in [3.05, 3.63) is 53.3 Å². The number of nitrogens with one attached hydrogen (secondary N) is 2. The van der Waals surface area contributed by atoms with E-state index in [1.165, 1.54) is 30.3 Å². The van der Waals surface area contributed by atoms with Crippen molar-refractivity contribution < 1.29 is 27.1 Å². The molecule has 0 saturated carbocycles. The zero-order valence-electron chi connectivity index (χ0n) is 15.4. The molecule has 0 spiro atoms. The summed E-state index contributed by atoms with van der Waals surface area (Å²) in [5, 5.41) is 2.76. The molecule has 10 heteroatoms. The van der Waals surface area contributed by atoms with Crippen LogP contribution >= 0.6 is 11.6 Å². The molecule has 1 amide bonds. The van der Waals surface area contributed by atoms with Crippen molar-refractivity contribution >= 4 is 33.2 Å². The third-order valence-corrected chi connectivity index (χ3v) is 5.89. The van der Waals surface area contributed by atoms with Gasteiger partial charge in [-0.05, 0) is 55.3 Å². The van der Waals surface area contributed by atoms with Gasteiger partial charge in [-0.2, -0.15) is 0 Å². The number of amides is 1. The molecule has 1 saturated heterocycles. The number of hydrogen-bond donors (Lipinski definition) is 2. The molecular formula is C19H20ClFN2O5S. The molecule has 1 heterocycles. The Morgan fingerprint density at radius 1 is 1.24 bits per heavy atom. The molecular weight excluding hydrogens is 423 g/mol. The molecule has 0 bridgehead atoms. The van der Waals surface area contributed by atoms with Crippen LogP contribution in [-0.2, 0) is 19.6 Å². The number of sulfonamides is 1. The second-order valence-electron chi connectivity index (χ2n) is 6.43. The highest BCUT2D eigenvalue weighted by atomic mass is 35.5. The van der Waals surface area contributed by atoms with Gasteiger partial charge in [-0.15, -0.1) is 0 Å². The van der Waals surface area contributed by atoms with E-state index >= 15 is 0 Å². The Bertz CT molecular complexity index is 963. The van der Waals surface area contributed by atoms with Gasteiger partial charge in [-0.1, -0.05) is 11.6 Å². The second kappa shape index (κ2) is 9.43. The van der Waals surface area contributed by atoms with Crippen LogP contribution in [0.4, 0.5) is 10.1 Å². The minimum Gasteiger partial charge on any atom is -0.482 e. The summed E-state index contributed by atoms with van der Waals surface area (Å²) >= 11 is 6.10. The molecule has 29 heavy (non-hydrogen) atoms. The van der Waals surface area contributed by atoms with E-state index in [0.29, 0.717) is 13.2 Å². The molecule has 1 aliphatic heterocycles. The number of benzene rings is 2. The average molecular weight is 443 g/mol. The van der Waals surface area contributed by atoms with Crippen LogP contribution in [0.1, 0.15) is 12.8 Å². The topological polar surface area (TPSA) is 93.7 Å². The van der Waals surface area contributed by atoms with Crippen LogP contribution < -0.4 is 14.8 Å². The number of rotatable bonds is 8. The van der Waals surface area contributed by atoms with E-state index in [1.54, 1.807) is 0 Å². The molecule has 2 N–H and O–H groups in total. The van der Waals surface area contributed by atoms with Gasteiger partial charge in [0.15, 0.2) is 6.61 Å². The number of carbonyl (C=O) groups is 1. The first kappa shape index (κ1) is 21.4. The second-order valence-corrected chi connectivity index (χ2v) is 8.52. The van der Waals surface area contributed by atoms with Crippen molar-refractivity contribution in [2.75, 3.05) is 24.5 Å². The van der Waals surface area contributed by atoms with Gasteiger partial charge in [0.1, 0.15) is 11.6 Å². The highest BCUT2D eigenvalue weighted by Crippen LogP contribution is 2.28. The van der Waals surface area contributed by atoms with E-state index < -0.39 is 15.8 Å². The molecule has 1 fully saturated rings. The zero-order valence-corrected chi connectivity index (χ0v) is 16.9. The van der Waals surface area contributed by atoms with Gasteiger partial charge in [-0.25, -0.2) is 12.8 Å². The molecule has 2 aromatic carbocycles. The lowest BCUT2D eigenvalue weighted by atomic mass is 10.2. The smallest absolute Gasteiger partial charge is 0.261 e. The largest absolute Gasteiger partial charge is 0.482 e. The summed E-state index contributed by atoms with van der Waals surface area (Å²) in [4.78, 5) is 11.8.